The largest absolute Gasteiger partial charge is 0.481 e. The van der Waals surface area contributed by atoms with E-state index in [-0.39, 0.29) is 17.9 Å². The van der Waals surface area contributed by atoms with E-state index in [1.165, 1.54) is 6.92 Å². The molecule has 2 aromatic carbocycles. The lowest BCUT2D eigenvalue weighted by Gasteiger charge is -2.19. The number of nitrogens with one attached hydrogen (secondary N) is 3. The number of nitrogens with zero attached hydrogens (tertiary/aromatic N) is 1. The minimum Gasteiger partial charge on any atom is -0.481 e. The minimum atomic E-state index is -1.06. The molecule has 0 bridgehead atoms. The summed E-state index contributed by atoms with van der Waals surface area (Å²) in [5.74, 6) is -3.57. The summed E-state index contributed by atoms with van der Waals surface area (Å²) in [5.41, 5.74) is 0.631. The summed E-state index contributed by atoms with van der Waals surface area (Å²) in [5, 5.41) is 14.1. The summed E-state index contributed by atoms with van der Waals surface area (Å²) in [6, 6.07) is 18.1. The van der Waals surface area contributed by atoms with Gasteiger partial charge >= 0.3 is 5.97 Å². The maximum atomic E-state index is 12.9. The van der Waals surface area contributed by atoms with E-state index >= 15 is 0 Å². The summed E-state index contributed by atoms with van der Waals surface area (Å²) in [6.07, 6.45) is 1.02. The molecule has 3 rings (SSSR count). The number of rotatable bonds is 8. The van der Waals surface area contributed by atoms with Crippen molar-refractivity contribution in [1.82, 2.24) is 20.6 Å². The number of hydrogen-bond donors (Lipinski definition) is 4. The highest BCUT2D eigenvalue weighted by Gasteiger charge is 2.21. The van der Waals surface area contributed by atoms with Gasteiger partial charge in [0.2, 0.25) is 0 Å². The average Bonchev–Trinajstić information content (AvgIpc) is 2.81. The molecule has 0 saturated heterocycles. The van der Waals surface area contributed by atoms with Gasteiger partial charge in [-0.1, -0.05) is 67.6 Å². The van der Waals surface area contributed by atoms with Crippen LogP contribution in [0.3, 0.4) is 0 Å². The molecule has 1 atom stereocenters. The molecule has 9 nitrogen and oxygen atoms in total. The molecule has 32 heavy (non-hydrogen) atoms. The summed E-state index contributed by atoms with van der Waals surface area (Å²) < 4.78 is 0. The maximum absolute atomic E-state index is 12.9. The van der Waals surface area contributed by atoms with Crippen LogP contribution in [0.4, 0.5) is 0 Å². The first kappa shape index (κ1) is 22.4. The fourth-order valence-corrected chi connectivity index (χ4v) is 2.95. The van der Waals surface area contributed by atoms with Crippen LogP contribution >= 0.6 is 0 Å². The SMILES string of the molecule is C[C@H](CNC(=O)c1ncc(C(=O)NC(c2ccccc2)c2ccccc2)c(=O)[nH]1)C(=O)O. The summed E-state index contributed by atoms with van der Waals surface area (Å²) >= 11 is 0. The maximum Gasteiger partial charge on any atom is 0.308 e. The van der Waals surface area contributed by atoms with Crippen LogP contribution in [0, 0.1) is 5.92 Å². The number of aliphatic carboxylic acids is 1. The van der Waals surface area contributed by atoms with E-state index in [2.05, 4.69) is 20.6 Å². The van der Waals surface area contributed by atoms with Crippen LogP contribution < -0.4 is 16.2 Å². The fourth-order valence-electron chi connectivity index (χ4n) is 2.95. The molecule has 0 aliphatic heterocycles. The molecular weight excluding hydrogens is 412 g/mol. The number of hydrogen-bond acceptors (Lipinski definition) is 5. The summed E-state index contributed by atoms with van der Waals surface area (Å²) in [4.78, 5) is 54.4. The third-order valence-corrected chi connectivity index (χ3v) is 4.79. The molecule has 0 spiro atoms. The lowest BCUT2D eigenvalue weighted by molar-refractivity contribution is -0.140. The van der Waals surface area contributed by atoms with Crippen LogP contribution in [-0.2, 0) is 4.79 Å². The van der Waals surface area contributed by atoms with Crippen molar-refractivity contribution in [3.05, 3.63) is 99.7 Å². The van der Waals surface area contributed by atoms with Crippen molar-refractivity contribution in [3.8, 4) is 0 Å². The lowest BCUT2D eigenvalue weighted by Crippen LogP contribution is -2.36. The predicted octanol–water partition coefficient (Wildman–Crippen LogP) is 1.74. The molecule has 2 amide bonds. The Bertz CT molecular complexity index is 1120. The first-order valence-corrected chi connectivity index (χ1v) is 9.88. The zero-order valence-electron chi connectivity index (χ0n) is 17.2. The van der Waals surface area contributed by atoms with E-state index in [0.29, 0.717) is 0 Å². The number of carbonyl (C=O) groups excluding carboxylic acids is 2. The molecule has 0 aliphatic carbocycles. The highest BCUT2D eigenvalue weighted by atomic mass is 16.4. The Morgan fingerprint density at radius 2 is 1.53 bits per heavy atom. The van der Waals surface area contributed by atoms with Gasteiger partial charge < -0.3 is 20.7 Å². The van der Waals surface area contributed by atoms with E-state index in [0.717, 1.165) is 17.3 Å². The van der Waals surface area contributed by atoms with Gasteiger partial charge in [-0.2, -0.15) is 0 Å². The van der Waals surface area contributed by atoms with E-state index in [9.17, 15) is 19.2 Å². The van der Waals surface area contributed by atoms with Crippen molar-refractivity contribution in [2.75, 3.05) is 6.54 Å². The summed E-state index contributed by atoms with van der Waals surface area (Å²) in [7, 11) is 0. The molecule has 0 saturated carbocycles. The topological polar surface area (TPSA) is 141 Å². The van der Waals surface area contributed by atoms with E-state index in [1.54, 1.807) is 0 Å². The third-order valence-electron chi connectivity index (χ3n) is 4.79. The number of carboxylic acid groups (broad SMARTS) is 1. The zero-order valence-corrected chi connectivity index (χ0v) is 17.2. The van der Waals surface area contributed by atoms with Gasteiger partial charge in [-0.3, -0.25) is 19.2 Å². The van der Waals surface area contributed by atoms with E-state index in [1.807, 2.05) is 60.7 Å². The van der Waals surface area contributed by atoms with Crippen molar-refractivity contribution in [2.24, 2.45) is 5.92 Å². The van der Waals surface area contributed by atoms with Crippen LogP contribution in [0.2, 0.25) is 0 Å². The Morgan fingerprint density at radius 1 is 0.969 bits per heavy atom. The molecule has 0 unspecified atom stereocenters. The Morgan fingerprint density at radius 3 is 2.03 bits per heavy atom. The van der Waals surface area contributed by atoms with Crippen molar-refractivity contribution in [2.45, 2.75) is 13.0 Å². The molecule has 4 N–H and O–H groups in total. The first-order valence-electron chi connectivity index (χ1n) is 9.88. The predicted molar refractivity (Wildman–Crippen MR) is 116 cm³/mol. The number of aromatic nitrogens is 2. The average molecular weight is 434 g/mol. The standard InChI is InChI=1S/C23H22N4O5/c1-14(23(31)32)12-25-22(30)19-24-13-17(21(29)27-19)20(28)26-18(15-8-4-2-5-9-15)16-10-6-3-7-11-16/h2-11,13-14,18H,12H2,1H3,(H,25,30)(H,26,28)(H,31,32)(H,24,27,29)/t14-/m1/s1. The first-order chi connectivity index (χ1) is 15.4. The van der Waals surface area contributed by atoms with Gasteiger partial charge in [0.1, 0.15) is 5.56 Å². The van der Waals surface area contributed by atoms with Gasteiger partial charge in [0, 0.05) is 12.7 Å². The Hall–Kier alpha value is -4.27. The van der Waals surface area contributed by atoms with E-state index in [4.69, 9.17) is 5.11 Å². The van der Waals surface area contributed by atoms with Crippen molar-refractivity contribution < 1.29 is 19.5 Å². The van der Waals surface area contributed by atoms with Crippen molar-refractivity contribution in [1.29, 1.82) is 0 Å². The molecule has 0 radical (unpaired) electrons. The van der Waals surface area contributed by atoms with Crippen LogP contribution in [0.15, 0.2) is 71.7 Å². The Labute approximate surface area is 183 Å². The van der Waals surface area contributed by atoms with Gasteiger partial charge in [0.25, 0.3) is 17.4 Å². The van der Waals surface area contributed by atoms with Crippen LogP contribution in [0.1, 0.15) is 45.1 Å². The van der Waals surface area contributed by atoms with Gasteiger partial charge in [-0.25, -0.2) is 4.98 Å². The third kappa shape index (κ3) is 5.45. The van der Waals surface area contributed by atoms with Gasteiger partial charge in [-0.05, 0) is 11.1 Å². The molecule has 0 aliphatic rings. The highest BCUT2D eigenvalue weighted by molar-refractivity contribution is 5.95. The summed E-state index contributed by atoms with van der Waals surface area (Å²) in [6.45, 7) is 1.30. The van der Waals surface area contributed by atoms with Crippen LogP contribution in [0.5, 0.6) is 0 Å². The number of aromatic amines is 1. The Kier molecular flexibility index (Phi) is 7.12. The normalized spacial score (nSPS) is 11.6. The number of amides is 2. The molecular formula is C23H22N4O5. The molecule has 3 aromatic rings. The van der Waals surface area contributed by atoms with Crippen LogP contribution in [-0.4, -0.2) is 39.4 Å². The lowest BCUT2D eigenvalue weighted by atomic mass is 9.98. The second-order valence-electron chi connectivity index (χ2n) is 7.15. The second-order valence-corrected chi connectivity index (χ2v) is 7.15. The van der Waals surface area contributed by atoms with Crippen molar-refractivity contribution in [3.63, 3.8) is 0 Å². The van der Waals surface area contributed by atoms with Crippen molar-refractivity contribution >= 4 is 17.8 Å². The number of H-pyrrole nitrogens is 1. The monoisotopic (exact) mass is 434 g/mol. The highest BCUT2D eigenvalue weighted by Crippen LogP contribution is 2.22. The van der Waals surface area contributed by atoms with Gasteiger partial charge in [0.05, 0.1) is 12.0 Å². The second kappa shape index (κ2) is 10.2. The van der Waals surface area contributed by atoms with Crippen LogP contribution in [0.25, 0.3) is 0 Å². The number of carboxylic acids is 1. The molecule has 9 heteroatoms. The minimum absolute atomic E-state index is 0.129. The number of carbonyl (C=O) groups is 3. The van der Waals surface area contributed by atoms with E-state index < -0.39 is 35.3 Å². The Balaban J connectivity index is 1.78. The smallest absolute Gasteiger partial charge is 0.308 e. The molecule has 0 fully saturated rings. The number of benzene rings is 2. The molecule has 1 aromatic heterocycles. The fraction of sp³-hybridized carbons (Fsp3) is 0.174. The zero-order chi connectivity index (χ0) is 23.1. The quantitative estimate of drug-likeness (QED) is 0.426. The van der Waals surface area contributed by atoms with Gasteiger partial charge in [-0.15, -0.1) is 0 Å². The van der Waals surface area contributed by atoms with Gasteiger partial charge in [0.15, 0.2) is 5.82 Å². The molecule has 164 valence electrons. The molecule has 1 heterocycles.